The van der Waals surface area contributed by atoms with Crippen LogP contribution in [-0.4, -0.2) is 34.6 Å². The van der Waals surface area contributed by atoms with Crippen LogP contribution in [0.5, 0.6) is 0 Å². The highest BCUT2D eigenvalue weighted by molar-refractivity contribution is 5.89. The lowest BCUT2D eigenvalue weighted by atomic mass is 9.88. The second-order valence-corrected chi connectivity index (χ2v) is 6.26. The van der Waals surface area contributed by atoms with Crippen molar-refractivity contribution in [2.75, 3.05) is 11.9 Å². The third-order valence-corrected chi connectivity index (χ3v) is 4.77. The predicted octanol–water partition coefficient (Wildman–Crippen LogP) is 2.31. The Labute approximate surface area is 126 Å². The summed E-state index contributed by atoms with van der Waals surface area (Å²) in [5.74, 6) is -0.0199. The van der Waals surface area contributed by atoms with E-state index in [4.69, 9.17) is 0 Å². The predicted molar refractivity (Wildman–Crippen MR) is 83.1 cm³/mol. The Bertz CT molecular complexity index is 530. The maximum absolute atomic E-state index is 11.3. The average Bonchev–Trinajstić information content (AvgIpc) is 2.47. The van der Waals surface area contributed by atoms with Crippen molar-refractivity contribution < 1.29 is 9.90 Å². The quantitative estimate of drug-likeness (QED) is 0.878. The van der Waals surface area contributed by atoms with Crippen LogP contribution in [-0.2, 0) is 17.8 Å². The molecule has 1 aromatic carbocycles. The molecular weight excluding hydrogens is 264 g/mol. The van der Waals surface area contributed by atoms with Crippen LogP contribution in [0.1, 0.15) is 43.7 Å². The SMILES string of the molecule is CC(=O)Nc1cccc2c1CCN(C1CCCCC1O)C2. The molecule has 2 atom stereocenters. The number of rotatable bonds is 2. The summed E-state index contributed by atoms with van der Waals surface area (Å²) in [5.41, 5.74) is 3.49. The van der Waals surface area contributed by atoms with Gasteiger partial charge in [-0.25, -0.2) is 0 Å². The number of carbonyl (C=O) groups excluding carboxylic acids is 1. The Balaban J connectivity index is 1.78. The molecule has 0 radical (unpaired) electrons. The molecule has 1 aromatic rings. The molecule has 1 aliphatic carbocycles. The molecule has 1 aliphatic heterocycles. The monoisotopic (exact) mass is 288 g/mol. The summed E-state index contributed by atoms with van der Waals surface area (Å²) >= 11 is 0. The molecule has 1 fully saturated rings. The van der Waals surface area contributed by atoms with Gasteiger partial charge in [0.05, 0.1) is 6.10 Å². The minimum absolute atomic E-state index is 0.0199. The highest BCUT2D eigenvalue weighted by atomic mass is 16.3. The minimum Gasteiger partial charge on any atom is -0.391 e. The lowest BCUT2D eigenvalue weighted by molar-refractivity contribution is -0.114. The van der Waals surface area contributed by atoms with Gasteiger partial charge in [-0.3, -0.25) is 9.69 Å². The summed E-state index contributed by atoms with van der Waals surface area (Å²) in [6.07, 6.45) is 5.15. The molecule has 0 bridgehead atoms. The normalized spacial score (nSPS) is 26.2. The van der Waals surface area contributed by atoms with Crippen molar-refractivity contribution in [3.8, 4) is 0 Å². The molecular formula is C17H24N2O2. The Morgan fingerprint density at radius 3 is 2.90 bits per heavy atom. The Morgan fingerprint density at radius 1 is 1.33 bits per heavy atom. The second kappa shape index (κ2) is 6.16. The summed E-state index contributed by atoms with van der Waals surface area (Å²) < 4.78 is 0. The van der Waals surface area contributed by atoms with E-state index in [1.54, 1.807) is 6.92 Å². The van der Waals surface area contributed by atoms with Gasteiger partial charge in [-0.2, -0.15) is 0 Å². The van der Waals surface area contributed by atoms with Crippen LogP contribution in [0.25, 0.3) is 0 Å². The van der Waals surface area contributed by atoms with Crippen molar-refractivity contribution in [3.63, 3.8) is 0 Å². The third kappa shape index (κ3) is 3.11. The van der Waals surface area contributed by atoms with E-state index >= 15 is 0 Å². The largest absolute Gasteiger partial charge is 0.391 e. The highest BCUT2D eigenvalue weighted by Gasteiger charge is 2.31. The van der Waals surface area contributed by atoms with Crippen molar-refractivity contribution in [2.45, 2.75) is 57.7 Å². The molecule has 4 nitrogen and oxygen atoms in total. The number of amides is 1. The molecule has 1 heterocycles. The lowest BCUT2D eigenvalue weighted by Gasteiger charge is -2.40. The van der Waals surface area contributed by atoms with Crippen molar-refractivity contribution in [1.29, 1.82) is 0 Å². The van der Waals surface area contributed by atoms with Gasteiger partial charge in [0.2, 0.25) is 5.91 Å². The molecule has 21 heavy (non-hydrogen) atoms. The van der Waals surface area contributed by atoms with Crippen LogP contribution in [0.3, 0.4) is 0 Å². The van der Waals surface area contributed by atoms with Gasteiger partial charge in [0, 0.05) is 31.7 Å². The van der Waals surface area contributed by atoms with Gasteiger partial charge < -0.3 is 10.4 Å². The van der Waals surface area contributed by atoms with Gasteiger partial charge in [0.15, 0.2) is 0 Å². The number of anilines is 1. The van der Waals surface area contributed by atoms with Crippen LogP contribution < -0.4 is 5.32 Å². The Hall–Kier alpha value is -1.39. The molecule has 1 saturated carbocycles. The Kier molecular flexibility index (Phi) is 4.27. The average molecular weight is 288 g/mol. The van der Waals surface area contributed by atoms with E-state index in [-0.39, 0.29) is 12.0 Å². The van der Waals surface area contributed by atoms with E-state index in [1.807, 2.05) is 12.1 Å². The first-order valence-electron chi connectivity index (χ1n) is 7.95. The number of fused-ring (bicyclic) bond motifs is 1. The fraction of sp³-hybridized carbons (Fsp3) is 0.588. The fourth-order valence-electron chi connectivity index (χ4n) is 3.74. The first-order valence-corrected chi connectivity index (χ1v) is 7.95. The molecule has 114 valence electrons. The number of benzene rings is 1. The van der Waals surface area contributed by atoms with E-state index in [2.05, 4.69) is 16.3 Å². The van der Waals surface area contributed by atoms with E-state index in [0.29, 0.717) is 6.04 Å². The summed E-state index contributed by atoms with van der Waals surface area (Å²) in [5, 5.41) is 13.2. The zero-order valence-corrected chi connectivity index (χ0v) is 12.6. The lowest BCUT2D eigenvalue weighted by Crippen LogP contribution is -2.47. The zero-order valence-electron chi connectivity index (χ0n) is 12.6. The van der Waals surface area contributed by atoms with Gasteiger partial charge in [0.25, 0.3) is 0 Å². The number of hydrogen-bond acceptors (Lipinski definition) is 3. The van der Waals surface area contributed by atoms with Crippen LogP contribution in [0.4, 0.5) is 5.69 Å². The standard InChI is InChI=1S/C17H24N2O2/c1-12(20)18-15-6-4-5-13-11-19(10-9-14(13)15)16-7-2-3-8-17(16)21/h4-6,16-17,21H,2-3,7-11H2,1H3,(H,18,20). The summed E-state index contributed by atoms with van der Waals surface area (Å²) in [7, 11) is 0. The molecule has 4 heteroatoms. The van der Waals surface area contributed by atoms with Gasteiger partial charge in [-0.1, -0.05) is 25.0 Å². The fourth-order valence-corrected chi connectivity index (χ4v) is 3.74. The van der Waals surface area contributed by atoms with E-state index in [9.17, 15) is 9.90 Å². The number of carbonyl (C=O) groups is 1. The van der Waals surface area contributed by atoms with Crippen molar-refractivity contribution in [2.24, 2.45) is 0 Å². The van der Waals surface area contributed by atoms with Gasteiger partial charge >= 0.3 is 0 Å². The molecule has 0 aromatic heterocycles. The second-order valence-electron chi connectivity index (χ2n) is 6.26. The first-order chi connectivity index (χ1) is 10.1. The van der Waals surface area contributed by atoms with E-state index in [0.717, 1.165) is 44.5 Å². The third-order valence-electron chi connectivity index (χ3n) is 4.77. The zero-order chi connectivity index (χ0) is 14.8. The van der Waals surface area contributed by atoms with E-state index in [1.165, 1.54) is 17.5 Å². The Morgan fingerprint density at radius 2 is 2.14 bits per heavy atom. The van der Waals surface area contributed by atoms with Crippen molar-refractivity contribution in [3.05, 3.63) is 29.3 Å². The maximum atomic E-state index is 11.3. The van der Waals surface area contributed by atoms with Crippen LogP contribution in [0, 0.1) is 0 Å². The number of nitrogens with one attached hydrogen (secondary N) is 1. The number of aliphatic hydroxyl groups excluding tert-OH is 1. The number of hydrogen-bond donors (Lipinski definition) is 2. The number of aliphatic hydroxyl groups is 1. The number of nitrogens with zero attached hydrogens (tertiary/aromatic N) is 1. The van der Waals surface area contributed by atoms with E-state index < -0.39 is 0 Å². The molecule has 0 spiro atoms. The van der Waals surface area contributed by atoms with Crippen LogP contribution in [0.15, 0.2) is 18.2 Å². The minimum atomic E-state index is -0.182. The molecule has 2 aliphatic rings. The maximum Gasteiger partial charge on any atom is 0.221 e. The van der Waals surface area contributed by atoms with Gasteiger partial charge in [-0.05, 0) is 36.5 Å². The topological polar surface area (TPSA) is 52.6 Å². The first kappa shape index (κ1) is 14.5. The van der Waals surface area contributed by atoms with Crippen molar-refractivity contribution >= 4 is 11.6 Å². The van der Waals surface area contributed by atoms with Gasteiger partial charge in [-0.15, -0.1) is 0 Å². The molecule has 2 unspecified atom stereocenters. The summed E-state index contributed by atoms with van der Waals surface area (Å²) in [6, 6.07) is 6.43. The smallest absolute Gasteiger partial charge is 0.221 e. The molecule has 3 rings (SSSR count). The molecule has 0 saturated heterocycles. The van der Waals surface area contributed by atoms with Gasteiger partial charge in [0.1, 0.15) is 0 Å². The molecule has 2 N–H and O–H groups in total. The van der Waals surface area contributed by atoms with Crippen LogP contribution in [0.2, 0.25) is 0 Å². The highest BCUT2D eigenvalue weighted by Crippen LogP contribution is 2.31. The van der Waals surface area contributed by atoms with Crippen molar-refractivity contribution in [1.82, 2.24) is 4.90 Å². The summed E-state index contributed by atoms with van der Waals surface area (Å²) in [4.78, 5) is 13.7. The van der Waals surface area contributed by atoms with Crippen LogP contribution >= 0.6 is 0 Å². The summed E-state index contributed by atoms with van der Waals surface area (Å²) in [6.45, 7) is 3.39. The molecule has 1 amide bonds.